The number of rotatable bonds is 4. The number of thioether (sulfide) groups is 1. The molecule has 0 fully saturated rings. The van der Waals surface area contributed by atoms with Gasteiger partial charge >= 0.3 is 0 Å². The van der Waals surface area contributed by atoms with Crippen LogP contribution in [-0.4, -0.2) is 11.2 Å². The summed E-state index contributed by atoms with van der Waals surface area (Å²) in [7, 11) is 0. The Hall–Kier alpha value is -2.32. The van der Waals surface area contributed by atoms with E-state index in [9.17, 15) is 9.18 Å². The number of carbonyl (C=O) groups is 1. The number of benzene rings is 2. The first kappa shape index (κ1) is 15.1. The molecule has 0 saturated carbocycles. The number of halogens is 1. The molecule has 0 radical (unpaired) electrons. The lowest BCUT2D eigenvalue weighted by Crippen LogP contribution is -2.23. The van der Waals surface area contributed by atoms with Crippen LogP contribution < -0.4 is 5.32 Å². The maximum atomic E-state index is 13.6. The quantitative estimate of drug-likeness (QED) is 0.873. The molecular formula is C16H13FN2OS. The minimum absolute atomic E-state index is 0.272. The fraction of sp³-hybridized carbons (Fsp3) is 0.125. The second kappa shape index (κ2) is 6.91. The molecular weight excluding hydrogens is 287 g/mol. The molecule has 0 spiro atoms. The van der Waals surface area contributed by atoms with Crippen molar-refractivity contribution in [1.29, 1.82) is 5.26 Å². The molecule has 3 nitrogen and oxygen atoms in total. The predicted octanol–water partition coefficient (Wildman–Crippen LogP) is 3.82. The molecule has 1 N–H and O–H groups in total. The topological polar surface area (TPSA) is 52.9 Å². The van der Waals surface area contributed by atoms with Gasteiger partial charge < -0.3 is 5.32 Å². The van der Waals surface area contributed by atoms with E-state index in [0.717, 1.165) is 11.8 Å². The Kier molecular flexibility index (Phi) is 4.96. The average Bonchev–Trinajstić information content (AvgIpc) is 2.50. The van der Waals surface area contributed by atoms with Crippen LogP contribution in [-0.2, 0) is 4.79 Å². The highest BCUT2D eigenvalue weighted by Crippen LogP contribution is 2.26. The standard InChI is InChI=1S/C16H13FN2OS/c1-11(21-15-9-5-3-7-13(15)17)16(20)19-14-8-4-2-6-12(14)10-18/h2-9,11H,1H3,(H,19,20)/t11-/m1/s1. The molecule has 0 aliphatic carbocycles. The Morgan fingerprint density at radius 3 is 2.62 bits per heavy atom. The minimum atomic E-state index is -0.478. The highest BCUT2D eigenvalue weighted by atomic mass is 32.2. The van der Waals surface area contributed by atoms with Gasteiger partial charge in [-0.2, -0.15) is 5.26 Å². The van der Waals surface area contributed by atoms with Crippen LogP contribution in [0, 0.1) is 17.1 Å². The minimum Gasteiger partial charge on any atom is -0.324 e. The maximum absolute atomic E-state index is 13.6. The number of amides is 1. The lowest BCUT2D eigenvalue weighted by atomic mass is 10.2. The Morgan fingerprint density at radius 2 is 1.90 bits per heavy atom. The zero-order valence-corrected chi connectivity index (χ0v) is 12.2. The molecule has 2 aromatic carbocycles. The molecule has 0 heterocycles. The number of hydrogen-bond donors (Lipinski definition) is 1. The molecule has 0 unspecified atom stereocenters. The van der Waals surface area contributed by atoms with Crippen molar-refractivity contribution in [1.82, 2.24) is 0 Å². The molecule has 21 heavy (non-hydrogen) atoms. The largest absolute Gasteiger partial charge is 0.324 e. The van der Waals surface area contributed by atoms with Gasteiger partial charge in [0, 0.05) is 4.90 Å². The highest BCUT2D eigenvalue weighted by Gasteiger charge is 2.17. The number of para-hydroxylation sites is 1. The van der Waals surface area contributed by atoms with Crippen molar-refractivity contribution in [2.24, 2.45) is 0 Å². The molecule has 2 aromatic rings. The first-order valence-corrected chi connectivity index (χ1v) is 7.21. The molecule has 1 atom stereocenters. The lowest BCUT2D eigenvalue weighted by molar-refractivity contribution is -0.115. The summed E-state index contributed by atoms with van der Waals surface area (Å²) < 4.78 is 13.6. The maximum Gasteiger partial charge on any atom is 0.237 e. The van der Waals surface area contributed by atoms with Crippen LogP contribution in [0.5, 0.6) is 0 Å². The summed E-state index contributed by atoms with van der Waals surface area (Å²) in [6, 6.07) is 15.1. The van der Waals surface area contributed by atoms with Crippen molar-refractivity contribution in [3.05, 3.63) is 59.9 Å². The van der Waals surface area contributed by atoms with Crippen LogP contribution in [0.1, 0.15) is 12.5 Å². The van der Waals surface area contributed by atoms with Crippen LogP contribution in [0.25, 0.3) is 0 Å². The Labute approximate surface area is 126 Å². The van der Waals surface area contributed by atoms with Gasteiger partial charge in [-0.05, 0) is 31.2 Å². The summed E-state index contributed by atoms with van der Waals surface area (Å²) in [5, 5.41) is 11.2. The van der Waals surface area contributed by atoms with Crippen molar-refractivity contribution in [3.8, 4) is 6.07 Å². The number of nitriles is 1. The van der Waals surface area contributed by atoms with Crippen molar-refractivity contribution >= 4 is 23.4 Å². The van der Waals surface area contributed by atoms with Crippen LogP contribution in [0.4, 0.5) is 10.1 Å². The third-order valence-electron chi connectivity index (χ3n) is 2.82. The van der Waals surface area contributed by atoms with E-state index in [1.165, 1.54) is 6.07 Å². The van der Waals surface area contributed by atoms with Gasteiger partial charge in [-0.1, -0.05) is 24.3 Å². The van der Waals surface area contributed by atoms with Gasteiger partial charge in [0.2, 0.25) is 5.91 Å². The molecule has 2 rings (SSSR count). The molecule has 0 saturated heterocycles. The van der Waals surface area contributed by atoms with Gasteiger partial charge in [-0.3, -0.25) is 4.79 Å². The van der Waals surface area contributed by atoms with E-state index in [2.05, 4.69) is 5.32 Å². The van der Waals surface area contributed by atoms with E-state index in [-0.39, 0.29) is 11.7 Å². The van der Waals surface area contributed by atoms with Crippen molar-refractivity contribution in [2.45, 2.75) is 17.1 Å². The van der Waals surface area contributed by atoms with E-state index in [1.807, 2.05) is 6.07 Å². The second-order valence-corrected chi connectivity index (χ2v) is 5.72. The normalized spacial score (nSPS) is 11.5. The van der Waals surface area contributed by atoms with Gasteiger partial charge in [-0.15, -0.1) is 11.8 Å². The third kappa shape index (κ3) is 3.83. The van der Waals surface area contributed by atoms with Gasteiger partial charge in [0.1, 0.15) is 11.9 Å². The van der Waals surface area contributed by atoms with E-state index in [1.54, 1.807) is 49.4 Å². The monoisotopic (exact) mass is 300 g/mol. The molecule has 106 valence electrons. The second-order valence-electron chi connectivity index (χ2n) is 4.34. The van der Waals surface area contributed by atoms with Crippen molar-refractivity contribution < 1.29 is 9.18 Å². The highest BCUT2D eigenvalue weighted by molar-refractivity contribution is 8.00. The smallest absolute Gasteiger partial charge is 0.237 e. The number of nitrogens with one attached hydrogen (secondary N) is 1. The fourth-order valence-electron chi connectivity index (χ4n) is 1.71. The van der Waals surface area contributed by atoms with Crippen molar-refractivity contribution in [3.63, 3.8) is 0 Å². The number of carbonyl (C=O) groups excluding carboxylic acids is 1. The number of hydrogen-bond acceptors (Lipinski definition) is 3. The lowest BCUT2D eigenvalue weighted by Gasteiger charge is -2.13. The third-order valence-corrected chi connectivity index (χ3v) is 3.97. The Bertz CT molecular complexity index is 697. The van der Waals surface area contributed by atoms with Gasteiger partial charge in [0.25, 0.3) is 0 Å². The number of nitrogens with zero attached hydrogens (tertiary/aromatic N) is 1. The first-order valence-electron chi connectivity index (χ1n) is 6.33. The van der Waals surface area contributed by atoms with Crippen LogP contribution in [0.15, 0.2) is 53.4 Å². The first-order chi connectivity index (χ1) is 10.1. The SMILES string of the molecule is C[C@@H](Sc1ccccc1F)C(=O)Nc1ccccc1C#N. The zero-order chi connectivity index (χ0) is 15.2. The fourth-order valence-corrected chi connectivity index (χ4v) is 2.59. The zero-order valence-electron chi connectivity index (χ0n) is 11.3. The van der Waals surface area contributed by atoms with E-state index < -0.39 is 5.25 Å². The summed E-state index contributed by atoms with van der Waals surface area (Å²) in [4.78, 5) is 12.6. The van der Waals surface area contributed by atoms with Crippen LogP contribution in [0.2, 0.25) is 0 Å². The molecule has 1 amide bonds. The van der Waals surface area contributed by atoms with E-state index in [0.29, 0.717) is 16.1 Å². The summed E-state index contributed by atoms with van der Waals surface area (Å²) in [6.07, 6.45) is 0. The van der Waals surface area contributed by atoms with Crippen LogP contribution >= 0.6 is 11.8 Å². The van der Waals surface area contributed by atoms with Crippen LogP contribution in [0.3, 0.4) is 0 Å². The van der Waals surface area contributed by atoms with Gasteiger partial charge in [0.05, 0.1) is 16.5 Å². The molecule has 0 aliphatic rings. The molecule has 0 aliphatic heterocycles. The summed E-state index contributed by atoms with van der Waals surface area (Å²) in [5.74, 6) is -0.620. The molecule has 0 bridgehead atoms. The summed E-state index contributed by atoms with van der Waals surface area (Å²) in [6.45, 7) is 1.70. The predicted molar refractivity (Wildman–Crippen MR) is 81.5 cm³/mol. The average molecular weight is 300 g/mol. The number of anilines is 1. The van der Waals surface area contributed by atoms with E-state index in [4.69, 9.17) is 5.26 Å². The van der Waals surface area contributed by atoms with E-state index >= 15 is 0 Å². The molecule has 0 aromatic heterocycles. The summed E-state index contributed by atoms with van der Waals surface area (Å²) in [5.41, 5.74) is 0.861. The van der Waals surface area contributed by atoms with Gasteiger partial charge in [0.15, 0.2) is 0 Å². The summed E-state index contributed by atoms with van der Waals surface area (Å²) >= 11 is 1.14. The molecule has 5 heteroatoms. The Balaban J connectivity index is 2.07. The Morgan fingerprint density at radius 1 is 1.24 bits per heavy atom. The van der Waals surface area contributed by atoms with Crippen molar-refractivity contribution in [2.75, 3.05) is 5.32 Å². The van der Waals surface area contributed by atoms with Gasteiger partial charge in [-0.25, -0.2) is 4.39 Å².